The van der Waals surface area contributed by atoms with Crippen molar-refractivity contribution in [2.75, 3.05) is 0 Å². The molecule has 3 N–H and O–H groups in total. The van der Waals surface area contributed by atoms with Gasteiger partial charge in [0.05, 0.1) is 12.5 Å². The van der Waals surface area contributed by atoms with Crippen molar-refractivity contribution in [3.8, 4) is 0 Å². The zero-order chi connectivity index (χ0) is 13.8. The summed E-state index contributed by atoms with van der Waals surface area (Å²) in [6, 6.07) is 0.263. The molecule has 1 aromatic heterocycles. The number of amides is 2. The maximum absolute atomic E-state index is 11.6. The van der Waals surface area contributed by atoms with Gasteiger partial charge in [-0.15, -0.1) is 0 Å². The molecule has 100 valence electrons. The van der Waals surface area contributed by atoms with Gasteiger partial charge in [-0.2, -0.15) is 0 Å². The lowest BCUT2D eigenvalue weighted by molar-refractivity contribution is -0.141. The number of rotatable bonds is 4. The molecule has 0 spiro atoms. The second kappa shape index (κ2) is 5.57. The Morgan fingerprint density at radius 2 is 2.11 bits per heavy atom. The van der Waals surface area contributed by atoms with E-state index >= 15 is 0 Å². The fourth-order valence-electron chi connectivity index (χ4n) is 1.41. The molecule has 1 aromatic rings. The first kappa shape index (κ1) is 14.1. The average Bonchev–Trinajstić information content (AvgIpc) is 2.73. The van der Waals surface area contributed by atoms with Crippen molar-refractivity contribution in [1.82, 2.24) is 10.6 Å². The van der Waals surface area contributed by atoms with Crippen molar-refractivity contribution in [1.29, 1.82) is 0 Å². The van der Waals surface area contributed by atoms with Crippen LogP contribution in [0.3, 0.4) is 0 Å². The van der Waals surface area contributed by atoms with Gasteiger partial charge in [0.2, 0.25) is 0 Å². The van der Waals surface area contributed by atoms with E-state index in [1.54, 1.807) is 26.8 Å². The van der Waals surface area contributed by atoms with Crippen molar-refractivity contribution in [2.45, 2.75) is 33.4 Å². The molecular weight excluding hydrogens is 236 g/mol. The van der Waals surface area contributed by atoms with Gasteiger partial charge >= 0.3 is 12.0 Å². The Balaban J connectivity index is 2.49. The summed E-state index contributed by atoms with van der Waals surface area (Å²) in [6.45, 7) is 5.55. The largest absolute Gasteiger partial charge is 0.480 e. The van der Waals surface area contributed by atoms with Crippen molar-refractivity contribution in [3.63, 3.8) is 0 Å². The van der Waals surface area contributed by atoms with Gasteiger partial charge in [0.15, 0.2) is 0 Å². The van der Waals surface area contributed by atoms with Crippen molar-refractivity contribution in [3.05, 3.63) is 24.2 Å². The second-order valence-electron chi connectivity index (χ2n) is 5.10. The molecule has 0 aliphatic rings. The third-order valence-electron chi connectivity index (χ3n) is 2.42. The molecule has 6 heteroatoms. The summed E-state index contributed by atoms with van der Waals surface area (Å²) in [5.74, 6) is -1.05. The zero-order valence-electron chi connectivity index (χ0n) is 10.7. The molecule has 0 saturated carbocycles. The number of aliphatic carboxylic acids is 1. The quantitative estimate of drug-likeness (QED) is 0.760. The Morgan fingerprint density at radius 3 is 2.56 bits per heavy atom. The van der Waals surface area contributed by atoms with E-state index in [0.717, 1.165) is 5.56 Å². The molecule has 0 aromatic carbocycles. The first-order valence-electron chi connectivity index (χ1n) is 5.59. The zero-order valence-corrected chi connectivity index (χ0v) is 10.7. The molecule has 1 rings (SSSR count). The van der Waals surface area contributed by atoms with Gasteiger partial charge in [-0.3, -0.25) is 0 Å². The number of furan rings is 1. The summed E-state index contributed by atoms with van der Waals surface area (Å²) < 4.78 is 4.85. The van der Waals surface area contributed by atoms with Crippen LogP contribution in [-0.4, -0.2) is 23.1 Å². The number of carbonyl (C=O) groups excluding carboxylic acids is 1. The summed E-state index contributed by atoms with van der Waals surface area (Å²) in [6.07, 6.45) is 3.02. The van der Waals surface area contributed by atoms with Crippen LogP contribution in [0, 0.1) is 5.41 Å². The molecule has 0 aliphatic heterocycles. The minimum atomic E-state index is -1.05. The summed E-state index contributed by atoms with van der Waals surface area (Å²) in [7, 11) is 0. The van der Waals surface area contributed by atoms with Crippen LogP contribution in [0.5, 0.6) is 0 Å². The summed E-state index contributed by atoms with van der Waals surface area (Å²) >= 11 is 0. The lowest BCUT2D eigenvalue weighted by Crippen LogP contribution is -2.52. The smallest absolute Gasteiger partial charge is 0.326 e. The highest BCUT2D eigenvalue weighted by Crippen LogP contribution is 2.19. The van der Waals surface area contributed by atoms with E-state index < -0.39 is 23.5 Å². The van der Waals surface area contributed by atoms with Crippen molar-refractivity contribution >= 4 is 12.0 Å². The van der Waals surface area contributed by atoms with Crippen LogP contribution in [0.25, 0.3) is 0 Å². The molecule has 0 saturated heterocycles. The van der Waals surface area contributed by atoms with E-state index in [-0.39, 0.29) is 0 Å². The molecule has 0 radical (unpaired) electrons. The molecule has 1 unspecified atom stereocenters. The van der Waals surface area contributed by atoms with E-state index in [4.69, 9.17) is 9.52 Å². The fourth-order valence-corrected chi connectivity index (χ4v) is 1.41. The Morgan fingerprint density at radius 1 is 1.44 bits per heavy atom. The highest BCUT2D eigenvalue weighted by Gasteiger charge is 2.32. The molecule has 1 heterocycles. The molecule has 6 nitrogen and oxygen atoms in total. The highest BCUT2D eigenvalue weighted by atomic mass is 16.4. The Labute approximate surface area is 105 Å². The Hall–Kier alpha value is -1.98. The number of carbonyl (C=O) groups is 2. The van der Waals surface area contributed by atoms with Crippen molar-refractivity contribution in [2.24, 2.45) is 5.41 Å². The topological polar surface area (TPSA) is 91.6 Å². The van der Waals surface area contributed by atoms with Gasteiger partial charge in [-0.25, -0.2) is 9.59 Å². The number of nitrogens with one attached hydrogen (secondary N) is 2. The number of urea groups is 1. The van der Waals surface area contributed by atoms with Crippen LogP contribution in [0.15, 0.2) is 23.0 Å². The Bertz CT molecular complexity index is 406. The van der Waals surface area contributed by atoms with Crippen molar-refractivity contribution < 1.29 is 19.1 Å². The maximum atomic E-state index is 11.6. The van der Waals surface area contributed by atoms with Crippen LogP contribution >= 0.6 is 0 Å². The third kappa shape index (κ3) is 4.12. The first-order valence-corrected chi connectivity index (χ1v) is 5.59. The van der Waals surface area contributed by atoms with Crippen LogP contribution < -0.4 is 10.6 Å². The molecule has 1 atom stereocenters. The minimum absolute atomic E-state index is 0.290. The van der Waals surface area contributed by atoms with Gasteiger partial charge in [-0.1, -0.05) is 20.8 Å². The fraction of sp³-hybridized carbons (Fsp3) is 0.500. The maximum Gasteiger partial charge on any atom is 0.326 e. The van der Waals surface area contributed by atoms with E-state index in [9.17, 15) is 9.59 Å². The second-order valence-corrected chi connectivity index (χ2v) is 5.10. The number of hydrogen-bond donors (Lipinski definition) is 3. The predicted octanol–water partition coefficient (Wildman–Crippen LogP) is 1.58. The van der Waals surface area contributed by atoms with Gasteiger partial charge in [0.25, 0.3) is 0 Å². The average molecular weight is 254 g/mol. The van der Waals surface area contributed by atoms with Gasteiger partial charge in [-0.05, 0) is 11.5 Å². The summed E-state index contributed by atoms with van der Waals surface area (Å²) in [4.78, 5) is 22.6. The van der Waals surface area contributed by atoms with Gasteiger partial charge < -0.3 is 20.2 Å². The monoisotopic (exact) mass is 254 g/mol. The van der Waals surface area contributed by atoms with E-state index in [1.807, 2.05) is 0 Å². The standard InChI is InChI=1S/C12H18N2O4/c1-12(2,3)9(10(15)16)14-11(17)13-6-8-4-5-18-7-8/h4-5,7,9H,6H2,1-3H3,(H,15,16)(H2,13,14,17). The summed E-state index contributed by atoms with van der Waals surface area (Å²) in [5.41, 5.74) is 0.256. The molecule has 0 aliphatic carbocycles. The first-order chi connectivity index (χ1) is 8.30. The normalized spacial score (nSPS) is 12.8. The molecular formula is C12H18N2O4. The lowest BCUT2D eigenvalue weighted by atomic mass is 9.87. The van der Waals surface area contributed by atoms with Crippen LogP contribution in [0.1, 0.15) is 26.3 Å². The molecule has 0 fully saturated rings. The minimum Gasteiger partial charge on any atom is -0.480 e. The summed E-state index contributed by atoms with van der Waals surface area (Å²) in [5, 5.41) is 14.1. The molecule has 2 amide bonds. The molecule has 18 heavy (non-hydrogen) atoms. The number of hydrogen-bond acceptors (Lipinski definition) is 3. The van der Waals surface area contributed by atoms with E-state index in [2.05, 4.69) is 10.6 Å². The van der Waals surface area contributed by atoms with Crippen LogP contribution in [-0.2, 0) is 11.3 Å². The van der Waals surface area contributed by atoms with Gasteiger partial charge in [0, 0.05) is 12.1 Å². The van der Waals surface area contributed by atoms with Crippen LogP contribution in [0.4, 0.5) is 4.79 Å². The highest BCUT2D eigenvalue weighted by molar-refractivity contribution is 5.83. The Kier molecular flexibility index (Phi) is 4.36. The van der Waals surface area contributed by atoms with E-state index in [0.29, 0.717) is 6.54 Å². The third-order valence-corrected chi connectivity index (χ3v) is 2.42. The lowest BCUT2D eigenvalue weighted by Gasteiger charge is -2.27. The predicted molar refractivity (Wildman–Crippen MR) is 65.0 cm³/mol. The number of carboxylic acid groups (broad SMARTS) is 1. The van der Waals surface area contributed by atoms with E-state index in [1.165, 1.54) is 12.5 Å². The van der Waals surface area contributed by atoms with Gasteiger partial charge in [0.1, 0.15) is 6.04 Å². The molecule has 0 bridgehead atoms. The SMILES string of the molecule is CC(C)(C)C(NC(=O)NCc1ccoc1)C(=O)O. The number of carboxylic acids is 1. The van der Waals surface area contributed by atoms with Crippen LogP contribution in [0.2, 0.25) is 0 Å².